The van der Waals surface area contributed by atoms with Gasteiger partial charge in [-0.1, -0.05) is 44.2 Å². The standard InChI is InChI=1S/C15H21NO2/c1-11(2)14(12-7-4-3-5-8-12)16-15(17)13-9-6-10-18-13/h3-5,7-8,11,13-14H,6,9-10H2,1-2H3,(H,16,17). The van der Waals surface area contributed by atoms with E-state index in [0.29, 0.717) is 12.5 Å². The molecule has 1 N–H and O–H groups in total. The van der Waals surface area contributed by atoms with Gasteiger partial charge in [0.05, 0.1) is 6.04 Å². The van der Waals surface area contributed by atoms with Crippen molar-refractivity contribution in [3.63, 3.8) is 0 Å². The molecule has 0 saturated carbocycles. The SMILES string of the molecule is CC(C)C(NC(=O)C1CCCO1)c1ccccc1. The first-order chi connectivity index (χ1) is 8.68. The molecule has 2 atom stereocenters. The van der Waals surface area contributed by atoms with Crippen molar-refractivity contribution in [2.75, 3.05) is 6.61 Å². The number of hydrogen-bond donors (Lipinski definition) is 1. The van der Waals surface area contributed by atoms with Crippen LogP contribution < -0.4 is 5.32 Å². The fourth-order valence-electron chi connectivity index (χ4n) is 2.33. The molecule has 1 aromatic rings. The van der Waals surface area contributed by atoms with Crippen LogP contribution in [0.5, 0.6) is 0 Å². The van der Waals surface area contributed by atoms with Crippen molar-refractivity contribution in [2.45, 2.75) is 38.8 Å². The van der Waals surface area contributed by atoms with Crippen LogP contribution in [0.25, 0.3) is 0 Å². The van der Waals surface area contributed by atoms with E-state index in [0.717, 1.165) is 18.4 Å². The van der Waals surface area contributed by atoms with Crippen LogP contribution in [0.3, 0.4) is 0 Å². The third-order valence-corrected chi connectivity index (χ3v) is 3.35. The zero-order valence-corrected chi connectivity index (χ0v) is 11.1. The topological polar surface area (TPSA) is 38.3 Å². The van der Waals surface area contributed by atoms with E-state index in [1.165, 1.54) is 0 Å². The third kappa shape index (κ3) is 3.10. The van der Waals surface area contributed by atoms with Crippen molar-refractivity contribution in [3.8, 4) is 0 Å². The Morgan fingerprint density at radius 1 is 1.33 bits per heavy atom. The van der Waals surface area contributed by atoms with Gasteiger partial charge in [0, 0.05) is 6.61 Å². The second kappa shape index (κ2) is 6.01. The molecule has 2 rings (SSSR count). The fraction of sp³-hybridized carbons (Fsp3) is 0.533. The lowest BCUT2D eigenvalue weighted by Crippen LogP contribution is -2.38. The normalized spacial score (nSPS) is 20.9. The summed E-state index contributed by atoms with van der Waals surface area (Å²) in [4.78, 5) is 12.1. The van der Waals surface area contributed by atoms with E-state index in [-0.39, 0.29) is 18.1 Å². The van der Waals surface area contributed by atoms with Crippen LogP contribution in [0, 0.1) is 5.92 Å². The summed E-state index contributed by atoms with van der Waals surface area (Å²) in [6.45, 7) is 4.94. The molecule has 1 saturated heterocycles. The minimum Gasteiger partial charge on any atom is -0.368 e. The number of nitrogens with one attached hydrogen (secondary N) is 1. The Labute approximate surface area is 109 Å². The molecule has 3 nitrogen and oxygen atoms in total. The molecule has 1 heterocycles. The number of benzene rings is 1. The van der Waals surface area contributed by atoms with Gasteiger partial charge in [0.15, 0.2) is 0 Å². The number of hydrogen-bond acceptors (Lipinski definition) is 2. The Balaban J connectivity index is 2.05. The van der Waals surface area contributed by atoms with E-state index in [4.69, 9.17) is 4.74 Å². The van der Waals surface area contributed by atoms with Crippen LogP contribution >= 0.6 is 0 Å². The van der Waals surface area contributed by atoms with E-state index in [9.17, 15) is 4.79 Å². The number of carbonyl (C=O) groups is 1. The molecular formula is C15H21NO2. The van der Waals surface area contributed by atoms with Crippen LogP contribution in [0.2, 0.25) is 0 Å². The van der Waals surface area contributed by atoms with Gasteiger partial charge in [0.2, 0.25) is 5.91 Å². The van der Waals surface area contributed by atoms with Crippen LogP contribution in [0.1, 0.15) is 38.3 Å². The summed E-state index contributed by atoms with van der Waals surface area (Å²) in [5, 5.41) is 3.11. The minimum atomic E-state index is -0.255. The average molecular weight is 247 g/mol. The maximum Gasteiger partial charge on any atom is 0.249 e. The average Bonchev–Trinajstić information content (AvgIpc) is 2.90. The summed E-state index contributed by atoms with van der Waals surface area (Å²) < 4.78 is 5.42. The minimum absolute atomic E-state index is 0.0232. The second-order valence-corrected chi connectivity index (χ2v) is 5.14. The lowest BCUT2D eigenvalue weighted by Gasteiger charge is -2.24. The smallest absolute Gasteiger partial charge is 0.249 e. The molecule has 0 aliphatic carbocycles. The van der Waals surface area contributed by atoms with Crippen LogP contribution in [-0.4, -0.2) is 18.6 Å². The van der Waals surface area contributed by atoms with Crippen molar-refractivity contribution in [2.24, 2.45) is 5.92 Å². The summed E-state index contributed by atoms with van der Waals surface area (Å²) in [6.07, 6.45) is 1.57. The second-order valence-electron chi connectivity index (χ2n) is 5.14. The first kappa shape index (κ1) is 13.1. The van der Waals surface area contributed by atoms with Crippen molar-refractivity contribution in [3.05, 3.63) is 35.9 Å². The van der Waals surface area contributed by atoms with Gasteiger partial charge in [-0.05, 0) is 24.3 Å². The van der Waals surface area contributed by atoms with Gasteiger partial charge in [-0.25, -0.2) is 0 Å². The van der Waals surface area contributed by atoms with Gasteiger partial charge in [-0.15, -0.1) is 0 Å². The highest BCUT2D eigenvalue weighted by Gasteiger charge is 2.27. The molecule has 1 fully saturated rings. The number of amides is 1. The fourth-order valence-corrected chi connectivity index (χ4v) is 2.33. The molecule has 1 aromatic carbocycles. The Morgan fingerprint density at radius 2 is 2.06 bits per heavy atom. The van der Waals surface area contributed by atoms with Crippen LogP contribution in [-0.2, 0) is 9.53 Å². The molecular weight excluding hydrogens is 226 g/mol. The summed E-state index contributed by atoms with van der Waals surface area (Å²) >= 11 is 0. The van der Waals surface area contributed by atoms with Gasteiger partial charge in [-0.3, -0.25) is 4.79 Å². The van der Waals surface area contributed by atoms with Gasteiger partial charge >= 0.3 is 0 Å². The summed E-state index contributed by atoms with van der Waals surface area (Å²) in [7, 11) is 0. The number of rotatable bonds is 4. The highest BCUT2D eigenvalue weighted by Crippen LogP contribution is 2.22. The maximum atomic E-state index is 12.1. The summed E-state index contributed by atoms with van der Waals surface area (Å²) in [6, 6.07) is 10.2. The van der Waals surface area contributed by atoms with Gasteiger partial charge in [-0.2, -0.15) is 0 Å². The Bertz CT molecular complexity index is 383. The molecule has 1 amide bonds. The molecule has 0 bridgehead atoms. The van der Waals surface area contributed by atoms with E-state index in [1.54, 1.807) is 0 Å². The molecule has 0 radical (unpaired) electrons. The van der Waals surface area contributed by atoms with Gasteiger partial charge < -0.3 is 10.1 Å². The zero-order valence-electron chi connectivity index (χ0n) is 11.1. The van der Waals surface area contributed by atoms with Gasteiger partial charge in [0.1, 0.15) is 6.10 Å². The monoisotopic (exact) mass is 247 g/mol. The molecule has 0 aromatic heterocycles. The van der Waals surface area contributed by atoms with Crippen molar-refractivity contribution in [1.29, 1.82) is 0 Å². The Morgan fingerprint density at radius 3 is 2.61 bits per heavy atom. The number of carbonyl (C=O) groups excluding carboxylic acids is 1. The lowest BCUT2D eigenvalue weighted by atomic mass is 9.96. The number of ether oxygens (including phenoxy) is 1. The third-order valence-electron chi connectivity index (χ3n) is 3.35. The molecule has 18 heavy (non-hydrogen) atoms. The maximum absolute atomic E-state index is 12.1. The van der Waals surface area contributed by atoms with E-state index >= 15 is 0 Å². The Hall–Kier alpha value is -1.35. The predicted octanol–water partition coefficient (Wildman–Crippen LogP) is 2.68. The summed E-state index contributed by atoms with van der Waals surface area (Å²) in [5.74, 6) is 0.382. The molecule has 1 aliphatic heterocycles. The van der Waals surface area contributed by atoms with Crippen LogP contribution in [0.15, 0.2) is 30.3 Å². The zero-order chi connectivity index (χ0) is 13.0. The van der Waals surface area contributed by atoms with Crippen molar-refractivity contribution >= 4 is 5.91 Å². The van der Waals surface area contributed by atoms with E-state index in [1.807, 2.05) is 18.2 Å². The largest absolute Gasteiger partial charge is 0.368 e. The van der Waals surface area contributed by atoms with Crippen molar-refractivity contribution < 1.29 is 9.53 Å². The molecule has 1 aliphatic rings. The van der Waals surface area contributed by atoms with E-state index < -0.39 is 0 Å². The van der Waals surface area contributed by atoms with Crippen LogP contribution in [0.4, 0.5) is 0 Å². The highest BCUT2D eigenvalue weighted by molar-refractivity contribution is 5.81. The highest BCUT2D eigenvalue weighted by atomic mass is 16.5. The lowest BCUT2D eigenvalue weighted by molar-refractivity contribution is -0.131. The quantitative estimate of drug-likeness (QED) is 0.888. The Kier molecular flexibility index (Phi) is 4.37. The predicted molar refractivity (Wildman–Crippen MR) is 71.1 cm³/mol. The first-order valence-corrected chi connectivity index (χ1v) is 6.65. The molecule has 0 spiro atoms. The summed E-state index contributed by atoms with van der Waals surface area (Å²) in [5.41, 5.74) is 1.15. The molecule has 2 unspecified atom stereocenters. The van der Waals surface area contributed by atoms with E-state index in [2.05, 4.69) is 31.3 Å². The van der Waals surface area contributed by atoms with Gasteiger partial charge in [0.25, 0.3) is 0 Å². The molecule has 3 heteroatoms. The van der Waals surface area contributed by atoms with Crippen molar-refractivity contribution in [1.82, 2.24) is 5.32 Å². The first-order valence-electron chi connectivity index (χ1n) is 6.65. The molecule has 98 valence electrons.